The highest BCUT2D eigenvalue weighted by molar-refractivity contribution is 7.99. The minimum atomic E-state index is -0.629. The summed E-state index contributed by atoms with van der Waals surface area (Å²) in [5.41, 5.74) is 1.39. The number of nitrogens with one attached hydrogen (secondary N) is 1. The Morgan fingerprint density at radius 1 is 1.44 bits per heavy atom. The molecule has 0 amide bonds. The molecule has 2 aromatic heterocycles. The van der Waals surface area contributed by atoms with Gasteiger partial charge in [-0.05, 0) is 37.5 Å². The van der Waals surface area contributed by atoms with E-state index in [-0.39, 0.29) is 5.82 Å². The third kappa shape index (κ3) is 3.13. The van der Waals surface area contributed by atoms with Crippen LogP contribution in [0.2, 0.25) is 0 Å². The molecule has 0 radical (unpaired) electrons. The molecule has 27 heavy (non-hydrogen) atoms. The van der Waals surface area contributed by atoms with E-state index >= 15 is 0 Å². The zero-order valence-electron chi connectivity index (χ0n) is 14.7. The van der Waals surface area contributed by atoms with Crippen LogP contribution in [-0.4, -0.2) is 31.9 Å². The van der Waals surface area contributed by atoms with E-state index in [1.165, 1.54) is 28.4 Å². The number of H-pyrrole nitrogens is 1. The van der Waals surface area contributed by atoms with Crippen LogP contribution in [0.25, 0.3) is 16.8 Å². The van der Waals surface area contributed by atoms with Crippen molar-refractivity contribution in [2.45, 2.75) is 30.5 Å². The van der Waals surface area contributed by atoms with Crippen LogP contribution in [-0.2, 0) is 10.3 Å². The first kappa shape index (κ1) is 17.8. The molecule has 0 aliphatic carbocycles. The highest BCUT2D eigenvalue weighted by Gasteiger charge is 2.38. The van der Waals surface area contributed by atoms with E-state index in [0.717, 1.165) is 18.4 Å². The highest BCUT2D eigenvalue weighted by Crippen LogP contribution is 2.41. The fraction of sp³-hybridized carbons (Fsp3) is 0.316. The quantitative estimate of drug-likeness (QED) is 0.553. The molecule has 1 aromatic carbocycles. The molecule has 4 rings (SSSR count). The number of ether oxygens (including phenoxy) is 1. The van der Waals surface area contributed by atoms with Crippen molar-refractivity contribution >= 4 is 17.4 Å². The van der Waals surface area contributed by atoms with Gasteiger partial charge in [-0.25, -0.2) is 14.2 Å². The standard InChI is InChI=1S/C19H17FN4O2S/c1-3-11-27-17-21-16-14(12-5-7-13(20)8-6-12)15(19(2)9-4-10-26-19)23-24(16)18(25)22-17/h1,5-8H,4,9-11H2,2H3,(H,21,22,25). The molecule has 3 aromatic rings. The molecule has 1 saturated heterocycles. The molecule has 1 fully saturated rings. The van der Waals surface area contributed by atoms with E-state index in [2.05, 4.69) is 21.0 Å². The first-order valence-corrected chi connectivity index (χ1v) is 9.50. The van der Waals surface area contributed by atoms with Crippen molar-refractivity contribution in [2.75, 3.05) is 12.4 Å². The number of terminal acetylenes is 1. The second kappa shape index (κ2) is 6.83. The van der Waals surface area contributed by atoms with Gasteiger partial charge in [-0.1, -0.05) is 29.8 Å². The molecule has 1 atom stereocenters. The number of halogens is 1. The number of benzene rings is 1. The van der Waals surface area contributed by atoms with E-state index in [9.17, 15) is 9.18 Å². The summed E-state index contributed by atoms with van der Waals surface area (Å²) < 4.78 is 20.6. The molecule has 3 heterocycles. The Morgan fingerprint density at radius 3 is 2.89 bits per heavy atom. The van der Waals surface area contributed by atoms with Crippen molar-refractivity contribution in [3.8, 4) is 23.5 Å². The number of aromatic nitrogens is 4. The lowest BCUT2D eigenvalue weighted by Crippen LogP contribution is -2.23. The van der Waals surface area contributed by atoms with Crippen molar-refractivity contribution in [1.29, 1.82) is 0 Å². The van der Waals surface area contributed by atoms with Crippen LogP contribution in [0, 0.1) is 18.2 Å². The van der Waals surface area contributed by atoms with Crippen LogP contribution in [0.4, 0.5) is 4.39 Å². The number of fused-ring (bicyclic) bond motifs is 1. The minimum Gasteiger partial charge on any atom is -0.369 e. The Morgan fingerprint density at radius 2 is 2.22 bits per heavy atom. The first-order chi connectivity index (χ1) is 13.0. The van der Waals surface area contributed by atoms with Crippen molar-refractivity contribution in [3.05, 3.63) is 46.3 Å². The number of nitrogens with zero attached hydrogens (tertiary/aromatic N) is 3. The number of thioether (sulfide) groups is 1. The van der Waals surface area contributed by atoms with Gasteiger partial charge in [0.25, 0.3) is 0 Å². The Balaban J connectivity index is 2.00. The van der Waals surface area contributed by atoms with Crippen LogP contribution in [0.5, 0.6) is 0 Å². The fourth-order valence-corrected chi connectivity index (χ4v) is 3.85. The average Bonchev–Trinajstić information content (AvgIpc) is 3.26. The van der Waals surface area contributed by atoms with Crippen LogP contribution in [0.15, 0.2) is 34.2 Å². The molecule has 8 heteroatoms. The number of aromatic amines is 1. The van der Waals surface area contributed by atoms with Crippen LogP contribution >= 0.6 is 11.8 Å². The number of hydrogen-bond donors (Lipinski definition) is 1. The van der Waals surface area contributed by atoms with Crippen LogP contribution in [0.1, 0.15) is 25.5 Å². The average molecular weight is 384 g/mol. The van der Waals surface area contributed by atoms with Crippen molar-refractivity contribution in [2.24, 2.45) is 0 Å². The summed E-state index contributed by atoms with van der Waals surface area (Å²) in [5.74, 6) is 2.55. The Hall–Kier alpha value is -2.63. The van der Waals surface area contributed by atoms with Crippen LogP contribution < -0.4 is 5.69 Å². The van der Waals surface area contributed by atoms with E-state index in [1.807, 2.05) is 6.92 Å². The molecule has 1 aliphatic rings. The van der Waals surface area contributed by atoms with Gasteiger partial charge in [0.2, 0.25) is 0 Å². The number of rotatable bonds is 4. The molecular weight excluding hydrogens is 367 g/mol. The lowest BCUT2D eigenvalue weighted by atomic mass is 9.92. The zero-order valence-corrected chi connectivity index (χ0v) is 15.5. The lowest BCUT2D eigenvalue weighted by Gasteiger charge is -2.22. The summed E-state index contributed by atoms with van der Waals surface area (Å²) in [6.45, 7) is 2.58. The Labute approximate surface area is 159 Å². The van der Waals surface area contributed by atoms with Gasteiger partial charge in [0.15, 0.2) is 10.8 Å². The van der Waals surface area contributed by atoms with Gasteiger partial charge in [-0.3, -0.25) is 4.98 Å². The molecular formula is C19H17FN4O2S. The highest BCUT2D eigenvalue weighted by atomic mass is 32.2. The molecule has 1 unspecified atom stereocenters. The Kier molecular flexibility index (Phi) is 4.50. The SMILES string of the molecule is C#CCSc1nc2c(-c3ccc(F)cc3)c(C3(C)CCCO3)nn2c(=O)[nH]1. The maximum absolute atomic E-state index is 13.4. The van der Waals surface area contributed by atoms with Gasteiger partial charge in [0, 0.05) is 6.61 Å². The van der Waals surface area contributed by atoms with E-state index < -0.39 is 11.3 Å². The first-order valence-electron chi connectivity index (χ1n) is 8.51. The summed E-state index contributed by atoms with van der Waals surface area (Å²) in [6, 6.07) is 6.07. The largest absolute Gasteiger partial charge is 0.369 e. The number of hydrogen-bond acceptors (Lipinski definition) is 5. The van der Waals surface area contributed by atoms with Crippen molar-refractivity contribution in [3.63, 3.8) is 0 Å². The summed E-state index contributed by atoms with van der Waals surface area (Å²) in [5, 5.41) is 4.94. The van der Waals surface area contributed by atoms with Gasteiger partial charge in [0.05, 0.1) is 11.3 Å². The van der Waals surface area contributed by atoms with E-state index in [0.29, 0.717) is 34.4 Å². The molecule has 0 spiro atoms. The summed E-state index contributed by atoms with van der Waals surface area (Å²) >= 11 is 1.26. The molecule has 1 N–H and O–H groups in total. The van der Waals surface area contributed by atoms with Gasteiger partial charge in [-0.15, -0.1) is 6.42 Å². The lowest BCUT2D eigenvalue weighted by molar-refractivity contribution is 0.0134. The van der Waals surface area contributed by atoms with Crippen LogP contribution in [0.3, 0.4) is 0 Å². The second-order valence-electron chi connectivity index (χ2n) is 6.49. The van der Waals surface area contributed by atoms with Crippen molar-refractivity contribution < 1.29 is 9.13 Å². The van der Waals surface area contributed by atoms with Gasteiger partial charge in [0.1, 0.15) is 17.1 Å². The van der Waals surface area contributed by atoms with Gasteiger partial charge < -0.3 is 4.74 Å². The van der Waals surface area contributed by atoms with Crippen molar-refractivity contribution in [1.82, 2.24) is 19.6 Å². The summed E-state index contributed by atoms with van der Waals surface area (Å²) in [6.07, 6.45) is 6.99. The van der Waals surface area contributed by atoms with Gasteiger partial charge >= 0.3 is 5.69 Å². The molecule has 0 saturated carbocycles. The molecule has 1 aliphatic heterocycles. The predicted molar refractivity (Wildman–Crippen MR) is 101 cm³/mol. The normalized spacial score (nSPS) is 19.4. The second-order valence-corrected chi connectivity index (χ2v) is 7.45. The van der Waals surface area contributed by atoms with E-state index in [1.54, 1.807) is 12.1 Å². The molecule has 0 bridgehead atoms. The predicted octanol–water partition coefficient (Wildman–Crippen LogP) is 2.97. The molecule has 6 nitrogen and oxygen atoms in total. The summed E-state index contributed by atoms with van der Waals surface area (Å²) in [7, 11) is 0. The fourth-order valence-electron chi connectivity index (χ4n) is 3.32. The maximum Gasteiger partial charge on any atom is 0.350 e. The third-order valence-corrected chi connectivity index (χ3v) is 5.40. The van der Waals surface area contributed by atoms with Gasteiger partial charge in [-0.2, -0.15) is 9.61 Å². The van der Waals surface area contributed by atoms with E-state index in [4.69, 9.17) is 11.2 Å². The smallest absolute Gasteiger partial charge is 0.350 e. The third-order valence-electron chi connectivity index (χ3n) is 4.62. The Bertz CT molecular complexity index is 1090. The molecule has 138 valence electrons. The topological polar surface area (TPSA) is 72.3 Å². The monoisotopic (exact) mass is 384 g/mol. The zero-order chi connectivity index (χ0) is 19.0. The summed E-state index contributed by atoms with van der Waals surface area (Å²) in [4.78, 5) is 19.8. The minimum absolute atomic E-state index is 0.337. The maximum atomic E-state index is 13.4.